The molecule has 1 saturated heterocycles. The predicted molar refractivity (Wildman–Crippen MR) is 94.6 cm³/mol. The van der Waals surface area contributed by atoms with Gasteiger partial charge in [0.05, 0.1) is 0 Å². The molecule has 23 heavy (non-hydrogen) atoms. The normalized spacial score (nSPS) is 25.0. The number of hydrogen-bond donors (Lipinski definition) is 0. The number of nitrogens with zero attached hydrogens (tertiary/aromatic N) is 2. The average molecular weight is 310 g/mol. The Morgan fingerprint density at radius 1 is 1.26 bits per heavy atom. The van der Waals surface area contributed by atoms with Gasteiger partial charge in [-0.1, -0.05) is 30.2 Å². The summed E-state index contributed by atoms with van der Waals surface area (Å²) >= 11 is 0. The summed E-state index contributed by atoms with van der Waals surface area (Å²) < 4.78 is 5.15. The Balaban J connectivity index is 1.46. The van der Waals surface area contributed by atoms with Crippen LogP contribution < -0.4 is 0 Å². The summed E-state index contributed by atoms with van der Waals surface area (Å²) in [5.41, 5.74) is 2.77. The van der Waals surface area contributed by atoms with Gasteiger partial charge in [0.2, 0.25) is 0 Å². The van der Waals surface area contributed by atoms with Crippen molar-refractivity contribution in [2.75, 3.05) is 39.8 Å². The van der Waals surface area contributed by atoms with E-state index in [-0.39, 0.29) is 0 Å². The maximum absolute atomic E-state index is 5.19. The van der Waals surface area contributed by atoms with Crippen molar-refractivity contribution in [1.29, 1.82) is 0 Å². The van der Waals surface area contributed by atoms with Crippen LogP contribution in [0, 0.1) is 18.4 Å². The van der Waals surface area contributed by atoms with Crippen molar-refractivity contribution >= 4 is 0 Å². The SMILES string of the molecule is C#COC1=CCC2C=C(CCCN3CCN(C)CC3)C=CC2=C1. The van der Waals surface area contributed by atoms with Crippen LogP contribution in [-0.2, 0) is 4.74 Å². The Morgan fingerprint density at radius 2 is 2.09 bits per heavy atom. The van der Waals surface area contributed by atoms with E-state index in [4.69, 9.17) is 11.2 Å². The molecule has 0 amide bonds. The number of rotatable bonds is 5. The van der Waals surface area contributed by atoms with Crippen LogP contribution in [0.5, 0.6) is 0 Å². The van der Waals surface area contributed by atoms with Crippen molar-refractivity contribution in [2.45, 2.75) is 19.3 Å². The molecule has 1 fully saturated rings. The molecule has 0 aromatic carbocycles. The molecular weight excluding hydrogens is 284 g/mol. The van der Waals surface area contributed by atoms with E-state index in [9.17, 15) is 0 Å². The van der Waals surface area contributed by atoms with Crippen LogP contribution in [0.2, 0.25) is 0 Å². The largest absolute Gasteiger partial charge is 0.408 e. The van der Waals surface area contributed by atoms with Gasteiger partial charge in [-0.2, -0.15) is 0 Å². The third-order valence-corrected chi connectivity index (χ3v) is 4.93. The second kappa shape index (κ2) is 7.68. The van der Waals surface area contributed by atoms with Gasteiger partial charge >= 0.3 is 0 Å². The van der Waals surface area contributed by atoms with E-state index in [2.05, 4.69) is 53.3 Å². The third kappa shape index (κ3) is 4.37. The molecule has 0 saturated carbocycles. The van der Waals surface area contributed by atoms with Crippen molar-refractivity contribution in [3.8, 4) is 12.5 Å². The molecule has 1 heterocycles. The number of likely N-dealkylation sites (N-methyl/N-ethyl adjacent to an activating group) is 1. The molecule has 0 aromatic heterocycles. The zero-order valence-electron chi connectivity index (χ0n) is 14.0. The van der Waals surface area contributed by atoms with Gasteiger partial charge in [0.1, 0.15) is 11.9 Å². The summed E-state index contributed by atoms with van der Waals surface area (Å²) in [5, 5.41) is 0. The van der Waals surface area contributed by atoms with Gasteiger partial charge in [-0.05, 0) is 50.6 Å². The summed E-state index contributed by atoms with van der Waals surface area (Å²) in [6, 6.07) is 0. The van der Waals surface area contributed by atoms with Crippen LogP contribution in [0.3, 0.4) is 0 Å². The van der Waals surface area contributed by atoms with Crippen LogP contribution in [0.4, 0.5) is 0 Å². The molecule has 1 unspecified atom stereocenters. The fourth-order valence-corrected chi connectivity index (χ4v) is 3.45. The highest BCUT2D eigenvalue weighted by molar-refractivity contribution is 5.43. The first-order valence-corrected chi connectivity index (χ1v) is 8.58. The molecule has 3 rings (SSSR count). The lowest BCUT2D eigenvalue weighted by Gasteiger charge is -2.32. The molecular formula is C20H26N2O. The maximum atomic E-state index is 5.19. The summed E-state index contributed by atoms with van der Waals surface area (Å²) in [6.45, 7) is 6.04. The van der Waals surface area contributed by atoms with Crippen molar-refractivity contribution in [3.63, 3.8) is 0 Å². The Bertz CT molecular complexity index is 583. The predicted octanol–water partition coefficient (Wildman–Crippen LogP) is 2.95. The molecule has 0 spiro atoms. The molecule has 1 aliphatic heterocycles. The van der Waals surface area contributed by atoms with Crippen molar-refractivity contribution in [2.24, 2.45) is 5.92 Å². The molecule has 3 heteroatoms. The lowest BCUT2D eigenvalue weighted by atomic mass is 9.84. The zero-order valence-corrected chi connectivity index (χ0v) is 14.0. The summed E-state index contributed by atoms with van der Waals surface area (Å²) in [7, 11) is 2.21. The standard InChI is InChI=1S/C20H26N2O/c1-3-23-20-9-8-18-15-17(6-7-19(18)16-20)5-4-10-22-13-11-21(2)12-14-22/h1,6-7,9,15-16,18H,4-5,8,10-14H2,2H3. The highest BCUT2D eigenvalue weighted by atomic mass is 16.5. The molecule has 3 aliphatic rings. The topological polar surface area (TPSA) is 15.7 Å². The number of allylic oxidation sites excluding steroid dienone is 7. The molecule has 2 aliphatic carbocycles. The van der Waals surface area contributed by atoms with E-state index in [1.165, 1.54) is 56.7 Å². The fourth-order valence-electron chi connectivity index (χ4n) is 3.45. The Kier molecular flexibility index (Phi) is 5.38. The van der Waals surface area contributed by atoms with Crippen LogP contribution in [0.1, 0.15) is 19.3 Å². The van der Waals surface area contributed by atoms with Gasteiger partial charge in [0.15, 0.2) is 0 Å². The quantitative estimate of drug-likeness (QED) is 0.726. The molecule has 0 N–H and O–H groups in total. The highest BCUT2D eigenvalue weighted by Crippen LogP contribution is 2.32. The van der Waals surface area contributed by atoms with Crippen molar-refractivity contribution in [3.05, 3.63) is 47.3 Å². The highest BCUT2D eigenvalue weighted by Gasteiger charge is 2.18. The summed E-state index contributed by atoms with van der Waals surface area (Å²) in [5.74, 6) is 1.29. The first-order valence-electron chi connectivity index (χ1n) is 8.58. The number of piperazine rings is 1. The fraction of sp³-hybridized carbons (Fsp3) is 0.500. The van der Waals surface area contributed by atoms with E-state index >= 15 is 0 Å². The second-order valence-electron chi connectivity index (χ2n) is 6.64. The molecule has 0 radical (unpaired) electrons. The van der Waals surface area contributed by atoms with Gasteiger partial charge < -0.3 is 14.5 Å². The zero-order chi connectivity index (χ0) is 16.1. The van der Waals surface area contributed by atoms with Crippen LogP contribution in [-0.4, -0.2) is 49.6 Å². The van der Waals surface area contributed by atoms with E-state index in [1.54, 1.807) is 0 Å². The molecule has 3 nitrogen and oxygen atoms in total. The monoisotopic (exact) mass is 310 g/mol. The summed E-state index contributed by atoms with van der Waals surface area (Å²) in [6.07, 6.45) is 21.9. The van der Waals surface area contributed by atoms with Gasteiger partial charge in [-0.15, -0.1) is 0 Å². The Labute approximate surface area is 140 Å². The average Bonchev–Trinajstić information content (AvgIpc) is 2.57. The van der Waals surface area contributed by atoms with Gasteiger partial charge in [-0.25, -0.2) is 0 Å². The van der Waals surface area contributed by atoms with E-state index in [0.29, 0.717) is 5.92 Å². The molecule has 0 aromatic rings. The van der Waals surface area contributed by atoms with Crippen LogP contribution >= 0.6 is 0 Å². The lowest BCUT2D eigenvalue weighted by molar-refractivity contribution is 0.153. The van der Waals surface area contributed by atoms with Crippen molar-refractivity contribution in [1.82, 2.24) is 9.80 Å². The van der Waals surface area contributed by atoms with Crippen molar-refractivity contribution < 1.29 is 4.74 Å². The van der Waals surface area contributed by atoms with E-state index < -0.39 is 0 Å². The molecule has 122 valence electrons. The third-order valence-electron chi connectivity index (χ3n) is 4.93. The van der Waals surface area contributed by atoms with E-state index in [0.717, 1.165) is 12.2 Å². The summed E-state index contributed by atoms with van der Waals surface area (Å²) in [4.78, 5) is 5.00. The number of ether oxygens (including phenoxy) is 1. The second-order valence-corrected chi connectivity index (χ2v) is 6.64. The van der Waals surface area contributed by atoms with Crippen LogP contribution in [0.25, 0.3) is 0 Å². The minimum absolute atomic E-state index is 0.490. The minimum atomic E-state index is 0.490. The van der Waals surface area contributed by atoms with Gasteiger partial charge in [0.25, 0.3) is 0 Å². The minimum Gasteiger partial charge on any atom is -0.408 e. The van der Waals surface area contributed by atoms with Crippen LogP contribution in [0.15, 0.2) is 47.3 Å². The molecule has 1 atom stereocenters. The maximum Gasteiger partial charge on any atom is 0.136 e. The number of hydrogen-bond acceptors (Lipinski definition) is 3. The number of terminal acetylenes is 1. The van der Waals surface area contributed by atoms with E-state index in [1.807, 2.05) is 0 Å². The first kappa shape index (κ1) is 16.1. The Morgan fingerprint density at radius 3 is 2.87 bits per heavy atom. The lowest BCUT2D eigenvalue weighted by Crippen LogP contribution is -2.44. The van der Waals surface area contributed by atoms with Gasteiger partial charge in [-0.3, -0.25) is 0 Å². The molecule has 0 bridgehead atoms. The number of fused-ring (bicyclic) bond motifs is 1. The smallest absolute Gasteiger partial charge is 0.136 e. The Hall–Kier alpha value is -1.76. The first-order chi connectivity index (χ1) is 11.2. The van der Waals surface area contributed by atoms with Gasteiger partial charge in [0, 0.05) is 32.1 Å².